The van der Waals surface area contributed by atoms with Gasteiger partial charge in [-0.25, -0.2) is 4.79 Å². The van der Waals surface area contributed by atoms with E-state index in [2.05, 4.69) is 10.2 Å². The van der Waals surface area contributed by atoms with Crippen molar-refractivity contribution in [3.05, 3.63) is 64.5 Å². The molecule has 0 unspecified atom stereocenters. The zero-order valence-corrected chi connectivity index (χ0v) is 11.3. The van der Waals surface area contributed by atoms with Gasteiger partial charge in [0.25, 0.3) is 5.95 Å². The van der Waals surface area contributed by atoms with E-state index in [1.807, 2.05) is 25.1 Å². The predicted molar refractivity (Wildman–Crippen MR) is 79.5 cm³/mol. The number of hydrogen-bond acceptors (Lipinski definition) is 5. The molecule has 0 aliphatic heterocycles. The first kappa shape index (κ1) is 13.1. The summed E-state index contributed by atoms with van der Waals surface area (Å²) in [4.78, 5) is 11.9. The molecule has 2 aromatic carbocycles. The van der Waals surface area contributed by atoms with E-state index in [4.69, 9.17) is 4.42 Å². The quantitative estimate of drug-likeness (QED) is 0.714. The van der Waals surface area contributed by atoms with E-state index in [1.54, 1.807) is 30.3 Å². The van der Waals surface area contributed by atoms with Crippen molar-refractivity contribution in [2.45, 2.75) is 6.92 Å². The summed E-state index contributed by atoms with van der Waals surface area (Å²) in [6.07, 6.45) is 0. The van der Waals surface area contributed by atoms with Gasteiger partial charge < -0.3 is 9.52 Å². The Bertz CT molecular complexity index is 897. The van der Waals surface area contributed by atoms with E-state index in [0.29, 0.717) is 16.5 Å². The second-order valence-electron chi connectivity index (χ2n) is 4.63. The van der Waals surface area contributed by atoms with E-state index in [1.165, 1.54) is 0 Å². The third-order valence-corrected chi connectivity index (χ3v) is 3.06. The molecular weight excluding hydrogens is 268 g/mol. The normalized spacial score (nSPS) is 11.3. The summed E-state index contributed by atoms with van der Waals surface area (Å²) in [6, 6.07) is 14.3. The Kier molecular flexibility index (Phi) is 3.23. The summed E-state index contributed by atoms with van der Waals surface area (Å²) in [7, 11) is 0. The Morgan fingerprint density at radius 3 is 2.52 bits per heavy atom. The highest BCUT2D eigenvalue weighted by atomic mass is 16.5. The van der Waals surface area contributed by atoms with Gasteiger partial charge in [0.05, 0.1) is 11.1 Å². The Labute approximate surface area is 120 Å². The van der Waals surface area contributed by atoms with E-state index in [-0.39, 0.29) is 5.69 Å². The molecule has 1 N–H and O–H groups in total. The number of benzene rings is 2. The summed E-state index contributed by atoms with van der Waals surface area (Å²) in [5.41, 5.74) is 1.05. The van der Waals surface area contributed by atoms with Gasteiger partial charge >= 0.3 is 5.63 Å². The molecule has 0 saturated heterocycles. The summed E-state index contributed by atoms with van der Waals surface area (Å²) in [5, 5.41) is 18.6. The van der Waals surface area contributed by atoms with Gasteiger partial charge in [-0.3, -0.25) is 0 Å². The van der Waals surface area contributed by atoms with Crippen LogP contribution in [0, 0.1) is 6.92 Å². The van der Waals surface area contributed by atoms with Gasteiger partial charge in [0.2, 0.25) is 0 Å². The van der Waals surface area contributed by atoms with Crippen LogP contribution in [0.15, 0.2) is 68.0 Å². The number of nitrogens with zero attached hydrogens (tertiary/aromatic N) is 2. The lowest BCUT2D eigenvalue weighted by Gasteiger charge is -2.01. The van der Waals surface area contributed by atoms with Crippen LogP contribution in [0.5, 0.6) is 5.95 Å². The minimum atomic E-state index is -0.720. The van der Waals surface area contributed by atoms with Gasteiger partial charge in [-0.1, -0.05) is 30.3 Å². The van der Waals surface area contributed by atoms with Crippen molar-refractivity contribution < 1.29 is 9.52 Å². The predicted octanol–water partition coefficient (Wildman–Crippen LogP) is 4.22. The minimum Gasteiger partial charge on any atom is -0.480 e. The molecule has 1 aromatic heterocycles. The van der Waals surface area contributed by atoms with Crippen LogP contribution >= 0.6 is 0 Å². The van der Waals surface area contributed by atoms with Crippen molar-refractivity contribution in [1.82, 2.24) is 0 Å². The molecule has 0 aliphatic rings. The zero-order valence-electron chi connectivity index (χ0n) is 11.3. The van der Waals surface area contributed by atoms with E-state index >= 15 is 0 Å². The zero-order chi connectivity index (χ0) is 14.8. The van der Waals surface area contributed by atoms with Crippen molar-refractivity contribution in [2.75, 3.05) is 0 Å². The van der Waals surface area contributed by atoms with Crippen LogP contribution in [0.1, 0.15) is 5.56 Å². The summed E-state index contributed by atoms with van der Waals surface area (Å²) in [6.45, 7) is 1.95. The third-order valence-electron chi connectivity index (χ3n) is 3.06. The van der Waals surface area contributed by atoms with Crippen LogP contribution in [0.2, 0.25) is 0 Å². The highest BCUT2D eigenvalue weighted by Crippen LogP contribution is 2.30. The standard InChI is InChI=1S/C16H12N2O3/c1-10-5-4-6-11(9-10)17-18-14-12-7-2-3-8-13(12)15(19)21-16(14)20/h2-9,19H,1H3. The minimum absolute atomic E-state index is 0.0740. The first-order valence-electron chi connectivity index (χ1n) is 6.38. The van der Waals surface area contributed by atoms with Crippen LogP contribution in [0.3, 0.4) is 0 Å². The highest BCUT2D eigenvalue weighted by Gasteiger charge is 2.11. The van der Waals surface area contributed by atoms with Gasteiger partial charge in [0.15, 0.2) is 5.69 Å². The van der Waals surface area contributed by atoms with Crippen LogP contribution in [-0.2, 0) is 0 Å². The van der Waals surface area contributed by atoms with E-state index < -0.39 is 11.6 Å². The number of aryl methyl sites for hydroxylation is 1. The van der Waals surface area contributed by atoms with Crippen molar-refractivity contribution in [2.24, 2.45) is 10.2 Å². The average Bonchev–Trinajstić information content (AvgIpc) is 2.47. The number of rotatable bonds is 2. The van der Waals surface area contributed by atoms with Crippen molar-refractivity contribution in [3.63, 3.8) is 0 Å². The van der Waals surface area contributed by atoms with Crippen LogP contribution < -0.4 is 5.63 Å². The Hall–Kier alpha value is -2.95. The topological polar surface area (TPSA) is 75.2 Å². The van der Waals surface area contributed by atoms with Gasteiger partial charge in [0.1, 0.15) is 0 Å². The lowest BCUT2D eigenvalue weighted by atomic mass is 10.1. The third kappa shape index (κ3) is 2.53. The smallest absolute Gasteiger partial charge is 0.367 e. The summed E-state index contributed by atoms with van der Waals surface area (Å²) < 4.78 is 4.78. The molecule has 0 aliphatic carbocycles. The molecule has 104 valence electrons. The van der Waals surface area contributed by atoms with E-state index in [9.17, 15) is 9.90 Å². The monoisotopic (exact) mass is 280 g/mol. The number of fused-ring (bicyclic) bond motifs is 1. The molecule has 0 radical (unpaired) electrons. The molecule has 5 nitrogen and oxygen atoms in total. The number of azo groups is 1. The Balaban J connectivity index is 2.15. The van der Waals surface area contributed by atoms with Crippen LogP contribution in [-0.4, -0.2) is 5.11 Å². The maximum atomic E-state index is 11.9. The summed E-state index contributed by atoms with van der Waals surface area (Å²) >= 11 is 0. The van der Waals surface area contributed by atoms with E-state index in [0.717, 1.165) is 5.56 Å². The average molecular weight is 280 g/mol. The van der Waals surface area contributed by atoms with Crippen LogP contribution in [0.25, 0.3) is 10.8 Å². The molecule has 3 aromatic rings. The molecule has 0 amide bonds. The molecule has 0 bridgehead atoms. The molecule has 0 fully saturated rings. The first-order valence-corrected chi connectivity index (χ1v) is 6.38. The van der Waals surface area contributed by atoms with Crippen LogP contribution in [0.4, 0.5) is 11.4 Å². The molecule has 0 atom stereocenters. The molecular formula is C16H12N2O3. The van der Waals surface area contributed by atoms with Gasteiger partial charge in [-0.05, 0) is 30.7 Å². The lowest BCUT2D eigenvalue weighted by Crippen LogP contribution is -1.98. The molecule has 3 rings (SSSR count). The molecule has 5 heteroatoms. The Morgan fingerprint density at radius 2 is 1.76 bits per heavy atom. The fourth-order valence-corrected chi connectivity index (χ4v) is 2.07. The molecule has 0 saturated carbocycles. The van der Waals surface area contributed by atoms with Gasteiger partial charge in [-0.2, -0.15) is 5.11 Å². The highest BCUT2D eigenvalue weighted by molar-refractivity contribution is 5.94. The van der Waals surface area contributed by atoms with Crippen molar-refractivity contribution >= 4 is 22.1 Å². The lowest BCUT2D eigenvalue weighted by molar-refractivity contribution is 0.318. The fourth-order valence-electron chi connectivity index (χ4n) is 2.07. The maximum Gasteiger partial charge on any atom is 0.367 e. The second kappa shape index (κ2) is 5.20. The SMILES string of the molecule is Cc1cccc(N=Nc2c(=O)oc(O)c3ccccc23)c1. The molecule has 1 heterocycles. The Morgan fingerprint density at radius 1 is 1.00 bits per heavy atom. The molecule has 0 spiro atoms. The number of aromatic hydroxyl groups is 1. The first-order chi connectivity index (χ1) is 10.1. The van der Waals surface area contributed by atoms with Crippen molar-refractivity contribution in [3.8, 4) is 5.95 Å². The fraction of sp³-hybridized carbons (Fsp3) is 0.0625. The van der Waals surface area contributed by atoms with Gasteiger partial charge in [-0.15, -0.1) is 5.11 Å². The van der Waals surface area contributed by atoms with Crippen molar-refractivity contribution in [1.29, 1.82) is 0 Å². The largest absolute Gasteiger partial charge is 0.480 e. The number of hydrogen-bond donors (Lipinski definition) is 1. The van der Waals surface area contributed by atoms with Gasteiger partial charge in [0, 0.05) is 5.39 Å². The summed E-state index contributed by atoms with van der Waals surface area (Å²) in [5.74, 6) is -0.412. The second-order valence-corrected chi connectivity index (χ2v) is 4.63. The maximum absolute atomic E-state index is 11.9. The molecule has 21 heavy (non-hydrogen) atoms.